The van der Waals surface area contributed by atoms with E-state index >= 15 is 0 Å². The molecule has 0 spiro atoms. The van der Waals surface area contributed by atoms with E-state index in [1.165, 1.54) is 39.1 Å². The van der Waals surface area contributed by atoms with Crippen LogP contribution < -0.4 is 5.32 Å². The Bertz CT molecular complexity index is 285. The highest BCUT2D eigenvalue weighted by molar-refractivity contribution is 7.80. The van der Waals surface area contributed by atoms with Gasteiger partial charge in [0, 0.05) is 44.9 Å². The minimum atomic E-state index is 0.141. The second kappa shape index (κ2) is 13.2. The van der Waals surface area contributed by atoms with E-state index in [0.29, 0.717) is 26.2 Å². The first kappa shape index (κ1) is 19.7. The zero-order valence-electron chi connectivity index (χ0n) is 14.1. The zero-order chi connectivity index (χ0) is 16.0. The molecular formula is C16H33N3O2S. The average Bonchev–Trinajstić information content (AvgIpc) is 2.53. The van der Waals surface area contributed by atoms with Crippen molar-refractivity contribution < 1.29 is 9.53 Å². The molecule has 22 heavy (non-hydrogen) atoms. The predicted molar refractivity (Wildman–Crippen MR) is 94.7 cm³/mol. The first-order valence-electron chi connectivity index (χ1n) is 8.66. The molecule has 130 valence electrons. The van der Waals surface area contributed by atoms with Crippen molar-refractivity contribution in [2.75, 3.05) is 64.8 Å². The first-order valence-corrected chi connectivity index (χ1v) is 9.29. The molecule has 1 aliphatic heterocycles. The fraction of sp³-hybridized carbons (Fsp3) is 0.938. The van der Waals surface area contributed by atoms with E-state index in [1.807, 2.05) is 0 Å². The van der Waals surface area contributed by atoms with Crippen molar-refractivity contribution >= 4 is 18.5 Å². The van der Waals surface area contributed by atoms with Crippen LogP contribution in [0.1, 0.15) is 32.6 Å². The monoisotopic (exact) mass is 331 g/mol. The van der Waals surface area contributed by atoms with Crippen molar-refractivity contribution in [1.82, 2.24) is 15.1 Å². The fourth-order valence-corrected chi connectivity index (χ4v) is 2.82. The molecule has 1 fully saturated rings. The van der Waals surface area contributed by atoms with Crippen LogP contribution in [0.4, 0.5) is 0 Å². The summed E-state index contributed by atoms with van der Waals surface area (Å²) in [5, 5.41) is 2.89. The smallest absolute Gasteiger partial charge is 0.220 e. The number of thiol groups is 1. The first-order chi connectivity index (χ1) is 10.8. The van der Waals surface area contributed by atoms with Crippen LogP contribution in [0.15, 0.2) is 0 Å². The minimum absolute atomic E-state index is 0.141. The molecule has 0 aliphatic carbocycles. The third kappa shape index (κ3) is 9.66. The summed E-state index contributed by atoms with van der Waals surface area (Å²) in [4.78, 5) is 16.7. The molecule has 0 unspecified atom stereocenters. The average molecular weight is 332 g/mol. The van der Waals surface area contributed by atoms with E-state index in [0.717, 1.165) is 25.1 Å². The number of hydrogen-bond donors (Lipinski definition) is 2. The van der Waals surface area contributed by atoms with Gasteiger partial charge in [-0.25, -0.2) is 0 Å². The van der Waals surface area contributed by atoms with E-state index < -0.39 is 0 Å². The molecular weight excluding hydrogens is 298 g/mol. The highest BCUT2D eigenvalue weighted by Gasteiger charge is 2.15. The van der Waals surface area contributed by atoms with E-state index in [1.54, 1.807) is 0 Å². The van der Waals surface area contributed by atoms with E-state index in [2.05, 4.69) is 34.7 Å². The molecule has 0 aromatic heterocycles. The molecule has 0 radical (unpaired) electrons. The molecule has 1 rings (SSSR count). The topological polar surface area (TPSA) is 44.8 Å². The summed E-state index contributed by atoms with van der Waals surface area (Å²) in [5.74, 6) is 0.864. The van der Waals surface area contributed by atoms with Crippen molar-refractivity contribution in [3.63, 3.8) is 0 Å². The molecule has 1 saturated heterocycles. The molecule has 1 N–H and O–H groups in total. The Morgan fingerprint density at radius 2 is 1.77 bits per heavy atom. The van der Waals surface area contributed by atoms with Gasteiger partial charge in [-0.1, -0.05) is 6.92 Å². The lowest BCUT2D eigenvalue weighted by Crippen LogP contribution is -2.46. The van der Waals surface area contributed by atoms with Crippen LogP contribution in [0.2, 0.25) is 0 Å². The summed E-state index contributed by atoms with van der Waals surface area (Å²) in [5.41, 5.74) is 0. The van der Waals surface area contributed by atoms with Gasteiger partial charge in [-0.05, 0) is 32.4 Å². The number of carbonyl (C=O) groups excluding carboxylic acids is 1. The Kier molecular flexibility index (Phi) is 11.8. The fourth-order valence-electron chi connectivity index (χ4n) is 2.69. The Labute approximate surface area is 141 Å². The third-order valence-electron chi connectivity index (χ3n) is 3.94. The third-order valence-corrected chi connectivity index (χ3v) is 4.12. The molecule has 1 aliphatic rings. The predicted octanol–water partition coefficient (Wildman–Crippen LogP) is 1.25. The number of rotatable bonds is 12. The number of unbranched alkanes of at least 4 members (excludes halogenated alkanes) is 1. The maximum absolute atomic E-state index is 11.6. The van der Waals surface area contributed by atoms with Gasteiger partial charge in [-0.15, -0.1) is 0 Å². The lowest BCUT2D eigenvalue weighted by atomic mass is 10.2. The molecule has 0 bridgehead atoms. The SMILES string of the molecule is CCCN1CCN(CCCCC(=O)NCCOCCS)CC1. The van der Waals surface area contributed by atoms with Gasteiger partial charge in [0.25, 0.3) is 0 Å². The van der Waals surface area contributed by atoms with Gasteiger partial charge in [0.15, 0.2) is 0 Å². The Morgan fingerprint density at radius 3 is 2.41 bits per heavy atom. The second-order valence-electron chi connectivity index (χ2n) is 5.83. The van der Waals surface area contributed by atoms with Crippen molar-refractivity contribution in [3.8, 4) is 0 Å². The number of hydrogen-bond acceptors (Lipinski definition) is 5. The molecule has 0 atom stereocenters. The lowest BCUT2D eigenvalue weighted by molar-refractivity contribution is -0.121. The maximum atomic E-state index is 11.6. The van der Waals surface area contributed by atoms with Gasteiger partial charge in [0.1, 0.15) is 0 Å². The van der Waals surface area contributed by atoms with Crippen molar-refractivity contribution in [3.05, 3.63) is 0 Å². The Balaban J connectivity index is 1.91. The van der Waals surface area contributed by atoms with E-state index in [9.17, 15) is 4.79 Å². The van der Waals surface area contributed by atoms with Crippen molar-refractivity contribution in [1.29, 1.82) is 0 Å². The summed E-state index contributed by atoms with van der Waals surface area (Å²) in [6, 6.07) is 0. The summed E-state index contributed by atoms with van der Waals surface area (Å²) in [6.45, 7) is 11.2. The number of amides is 1. The number of carbonyl (C=O) groups is 1. The number of ether oxygens (including phenoxy) is 1. The van der Waals surface area contributed by atoms with E-state index in [-0.39, 0.29) is 5.91 Å². The molecule has 1 heterocycles. The van der Waals surface area contributed by atoms with Crippen LogP contribution in [0.25, 0.3) is 0 Å². The number of nitrogens with zero attached hydrogens (tertiary/aromatic N) is 2. The molecule has 1 amide bonds. The molecule has 6 heteroatoms. The second-order valence-corrected chi connectivity index (χ2v) is 6.27. The van der Waals surface area contributed by atoms with Crippen LogP contribution in [0.3, 0.4) is 0 Å². The number of piperazine rings is 1. The normalized spacial score (nSPS) is 16.8. The highest BCUT2D eigenvalue weighted by atomic mass is 32.1. The molecule has 0 aromatic rings. The van der Waals surface area contributed by atoms with Gasteiger partial charge >= 0.3 is 0 Å². The summed E-state index contributed by atoms with van der Waals surface area (Å²) in [7, 11) is 0. The minimum Gasteiger partial charge on any atom is -0.379 e. The van der Waals surface area contributed by atoms with Crippen LogP contribution in [0, 0.1) is 0 Å². The van der Waals surface area contributed by atoms with Gasteiger partial charge in [0.05, 0.1) is 13.2 Å². The van der Waals surface area contributed by atoms with Crippen LogP contribution >= 0.6 is 12.6 Å². The number of nitrogens with one attached hydrogen (secondary N) is 1. The van der Waals surface area contributed by atoms with Crippen LogP contribution in [-0.2, 0) is 9.53 Å². The van der Waals surface area contributed by atoms with Gasteiger partial charge in [-0.2, -0.15) is 12.6 Å². The molecule has 0 aromatic carbocycles. The highest BCUT2D eigenvalue weighted by Crippen LogP contribution is 2.05. The molecule has 0 saturated carbocycles. The Morgan fingerprint density at radius 1 is 1.09 bits per heavy atom. The van der Waals surface area contributed by atoms with Crippen molar-refractivity contribution in [2.24, 2.45) is 0 Å². The summed E-state index contributed by atoms with van der Waals surface area (Å²) >= 11 is 4.06. The van der Waals surface area contributed by atoms with Crippen LogP contribution in [0.5, 0.6) is 0 Å². The molecule has 5 nitrogen and oxygen atoms in total. The Hall–Kier alpha value is -0.300. The van der Waals surface area contributed by atoms with Crippen LogP contribution in [-0.4, -0.2) is 80.5 Å². The quantitative estimate of drug-likeness (QED) is 0.417. The van der Waals surface area contributed by atoms with Gasteiger partial charge in [-0.3, -0.25) is 4.79 Å². The standard InChI is InChI=1S/C16H33N3O2S/c1-2-7-18-9-11-19(12-10-18)8-4-3-5-16(20)17-6-13-21-14-15-22/h22H,2-15H2,1H3,(H,17,20). The van der Waals surface area contributed by atoms with Gasteiger partial charge in [0.2, 0.25) is 5.91 Å². The zero-order valence-corrected chi connectivity index (χ0v) is 15.0. The summed E-state index contributed by atoms with van der Waals surface area (Å²) < 4.78 is 5.26. The lowest BCUT2D eigenvalue weighted by Gasteiger charge is -2.34. The van der Waals surface area contributed by atoms with E-state index in [4.69, 9.17) is 4.74 Å². The van der Waals surface area contributed by atoms with Gasteiger partial charge < -0.3 is 19.9 Å². The largest absolute Gasteiger partial charge is 0.379 e. The summed E-state index contributed by atoms with van der Waals surface area (Å²) in [6.07, 6.45) is 3.95. The maximum Gasteiger partial charge on any atom is 0.220 e. The van der Waals surface area contributed by atoms with Crippen molar-refractivity contribution in [2.45, 2.75) is 32.6 Å².